The van der Waals surface area contributed by atoms with E-state index in [1.165, 1.54) is 0 Å². The van der Waals surface area contributed by atoms with Crippen LogP contribution < -0.4 is 5.32 Å². The van der Waals surface area contributed by atoms with Crippen LogP contribution in [-0.4, -0.2) is 22.4 Å². The minimum atomic E-state index is -2.44. The van der Waals surface area contributed by atoms with E-state index in [-0.39, 0.29) is 18.8 Å². The van der Waals surface area contributed by atoms with Crippen LogP contribution in [0.1, 0.15) is 12.8 Å². The summed E-state index contributed by atoms with van der Waals surface area (Å²) in [5.41, 5.74) is 0. The maximum atomic E-state index is 12.5. The first kappa shape index (κ1) is 9.30. The van der Waals surface area contributed by atoms with Crippen molar-refractivity contribution in [2.45, 2.75) is 18.8 Å². The normalized spacial score (nSPS) is 20.1. The maximum Gasteiger partial charge on any atom is 0.248 e. The van der Waals surface area contributed by atoms with Gasteiger partial charge in [-0.25, -0.2) is 13.8 Å². The third-order valence-corrected chi connectivity index (χ3v) is 2.31. The Hall–Kier alpha value is -1.26. The maximum absolute atomic E-state index is 12.5. The Morgan fingerprint density at radius 1 is 1.43 bits per heavy atom. The number of halogens is 2. The quantitative estimate of drug-likeness (QED) is 0.808. The van der Waals surface area contributed by atoms with Crippen LogP contribution >= 0.6 is 0 Å². The van der Waals surface area contributed by atoms with E-state index in [4.69, 9.17) is 0 Å². The number of rotatable bonds is 3. The Kier molecular flexibility index (Phi) is 2.31. The average Bonchev–Trinajstić information content (AvgIpc) is 2.13. The Morgan fingerprint density at radius 2 is 2.21 bits per heavy atom. The molecule has 0 aromatic carbocycles. The highest BCUT2D eigenvalue weighted by molar-refractivity contribution is 5.29. The molecule has 1 aliphatic rings. The number of aromatic nitrogens is 2. The van der Waals surface area contributed by atoms with Crippen molar-refractivity contribution in [3.8, 4) is 0 Å². The zero-order valence-corrected chi connectivity index (χ0v) is 7.58. The van der Waals surface area contributed by atoms with Gasteiger partial charge in [-0.2, -0.15) is 0 Å². The van der Waals surface area contributed by atoms with E-state index in [0.29, 0.717) is 12.4 Å². The molecule has 3 nitrogen and oxygen atoms in total. The third kappa shape index (κ3) is 2.16. The molecular formula is C9H11F2N3. The molecule has 14 heavy (non-hydrogen) atoms. The van der Waals surface area contributed by atoms with Gasteiger partial charge in [0.1, 0.15) is 5.82 Å². The van der Waals surface area contributed by atoms with E-state index < -0.39 is 5.92 Å². The fourth-order valence-corrected chi connectivity index (χ4v) is 1.57. The number of nitrogens with one attached hydrogen (secondary N) is 1. The minimum Gasteiger partial charge on any atom is -0.369 e. The fraction of sp³-hybridized carbons (Fsp3) is 0.556. The molecule has 0 aliphatic heterocycles. The van der Waals surface area contributed by atoms with Gasteiger partial charge in [0.25, 0.3) is 0 Å². The highest BCUT2D eigenvalue weighted by atomic mass is 19.3. The van der Waals surface area contributed by atoms with Crippen LogP contribution in [0.5, 0.6) is 0 Å². The molecule has 1 saturated carbocycles. The van der Waals surface area contributed by atoms with E-state index in [0.717, 1.165) is 0 Å². The van der Waals surface area contributed by atoms with Crippen LogP contribution in [0, 0.1) is 5.92 Å². The topological polar surface area (TPSA) is 37.8 Å². The van der Waals surface area contributed by atoms with Crippen LogP contribution in [0.2, 0.25) is 0 Å². The predicted molar refractivity (Wildman–Crippen MR) is 48.2 cm³/mol. The van der Waals surface area contributed by atoms with Gasteiger partial charge in [-0.05, 0) is 5.92 Å². The lowest BCUT2D eigenvalue weighted by Gasteiger charge is -2.34. The van der Waals surface area contributed by atoms with Crippen LogP contribution in [-0.2, 0) is 0 Å². The summed E-state index contributed by atoms with van der Waals surface area (Å²) in [5.74, 6) is -1.73. The first-order chi connectivity index (χ1) is 6.66. The van der Waals surface area contributed by atoms with Gasteiger partial charge < -0.3 is 5.32 Å². The molecule has 1 aliphatic carbocycles. The lowest BCUT2D eigenvalue weighted by Crippen LogP contribution is -2.39. The largest absolute Gasteiger partial charge is 0.369 e. The molecule has 1 N–H and O–H groups in total. The molecule has 2 rings (SSSR count). The second-order valence-corrected chi connectivity index (χ2v) is 3.60. The SMILES string of the molecule is FC1(F)CC(CNc2cnccn2)C1. The van der Waals surface area contributed by atoms with Crippen molar-refractivity contribution in [1.82, 2.24) is 9.97 Å². The second-order valence-electron chi connectivity index (χ2n) is 3.60. The number of hydrogen-bond donors (Lipinski definition) is 1. The number of alkyl halides is 2. The fourth-order valence-electron chi connectivity index (χ4n) is 1.57. The van der Waals surface area contributed by atoms with Crippen molar-refractivity contribution in [3.63, 3.8) is 0 Å². The summed E-state index contributed by atoms with van der Waals surface area (Å²) in [6.07, 6.45) is 4.69. The van der Waals surface area contributed by atoms with Gasteiger partial charge in [0.2, 0.25) is 5.92 Å². The zero-order chi connectivity index (χ0) is 10.0. The summed E-state index contributed by atoms with van der Waals surface area (Å²) < 4.78 is 24.9. The standard InChI is InChI=1S/C9H11F2N3/c10-9(11)3-7(4-9)5-14-8-6-12-1-2-13-8/h1-2,6-7H,3-5H2,(H,13,14). The van der Waals surface area contributed by atoms with Gasteiger partial charge in [-0.1, -0.05) is 0 Å². The Balaban J connectivity index is 1.75. The average molecular weight is 199 g/mol. The lowest BCUT2D eigenvalue weighted by molar-refractivity contribution is -0.106. The highest BCUT2D eigenvalue weighted by Crippen LogP contribution is 2.42. The molecule has 0 spiro atoms. The molecule has 5 heteroatoms. The molecule has 0 saturated heterocycles. The predicted octanol–water partition coefficient (Wildman–Crippen LogP) is 1.93. The summed E-state index contributed by atoms with van der Waals surface area (Å²) >= 11 is 0. The lowest BCUT2D eigenvalue weighted by atomic mass is 9.81. The van der Waals surface area contributed by atoms with Crippen LogP contribution in [0.15, 0.2) is 18.6 Å². The molecule has 1 aromatic heterocycles. The van der Waals surface area contributed by atoms with Gasteiger partial charge in [0.15, 0.2) is 0 Å². The summed E-state index contributed by atoms with van der Waals surface area (Å²) in [4.78, 5) is 7.85. The minimum absolute atomic E-state index is 0.0136. The molecule has 0 bridgehead atoms. The molecular weight excluding hydrogens is 188 g/mol. The van der Waals surface area contributed by atoms with Gasteiger partial charge in [-0.3, -0.25) is 4.98 Å². The summed E-state index contributed by atoms with van der Waals surface area (Å²) in [7, 11) is 0. The van der Waals surface area contributed by atoms with Crippen molar-refractivity contribution < 1.29 is 8.78 Å². The molecule has 0 atom stereocenters. The molecule has 0 radical (unpaired) electrons. The van der Waals surface area contributed by atoms with E-state index in [1.54, 1.807) is 18.6 Å². The van der Waals surface area contributed by atoms with E-state index in [1.807, 2.05) is 0 Å². The van der Waals surface area contributed by atoms with Crippen molar-refractivity contribution in [3.05, 3.63) is 18.6 Å². The number of hydrogen-bond acceptors (Lipinski definition) is 3. The summed E-state index contributed by atoms with van der Waals surface area (Å²) in [5, 5.41) is 2.98. The smallest absolute Gasteiger partial charge is 0.248 e. The Labute approximate surface area is 80.6 Å². The van der Waals surface area contributed by atoms with Crippen LogP contribution in [0.4, 0.5) is 14.6 Å². The van der Waals surface area contributed by atoms with Crippen LogP contribution in [0.25, 0.3) is 0 Å². The first-order valence-electron chi connectivity index (χ1n) is 4.53. The van der Waals surface area contributed by atoms with Gasteiger partial charge >= 0.3 is 0 Å². The summed E-state index contributed by atoms with van der Waals surface area (Å²) in [6.45, 7) is 0.550. The Bertz CT molecular complexity index is 294. The van der Waals surface area contributed by atoms with Crippen LogP contribution in [0.3, 0.4) is 0 Å². The molecule has 76 valence electrons. The van der Waals surface area contributed by atoms with Gasteiger partial charge in [0.05, 0.1) is 6.20 Å². The van der Waals surface area contributed by atoms with E-state index in [2.05, 4.69) is 15.3 Å². The monoisotopic (exact) mass is 199 g/mol. The first-order valence-corrected chi connectivity index (χ1v) is 4.53. The van der Waals surface area contributed by atoms with Gasteiger partial charge in [-0.15, -0.1) is 0 Å². The highest BCUT2D eigenvalue weighted by Gasteiger charge is 2.44. The molecule has 1 aromatic rings. The van der Waals surface area contributed by atoms with Crippen molar-refractivity contribution in [2.75, 3.05) is 11.9 Å². The van der Waals surface area contributed by atoms with E-state index in [9.17, 15) is 8.78 Å². The number of nitrogens with zero attached hydrogens (tertiary/aromatic N) is 2. The molecule has 0 unspecified atom stereocenters. The third-order valence-electron chi connectivity index (χ3n) is 2.31. The zero-order valence-electron chi connectivity index (χ0n) is 7.58. The molecule has 0 amide bonds. The molecule has 1 heterocycles. The number of anilines is 1. The second kappa shape index (κ2) is 3.48. The van der Waals surface area contributed by atoms with Crippen molar-refractivity contribution >= 4 is 5.82 Å². The van der Waals surface area contributed by atoms with Crippen molar-refractivity contribution in [1.29, 1.82) is 0 Å². The van der Waals surface area contributed by atoms with Crippen molar-refractivity contribution in [2.24, 2.45) is 5.92 Å². The summed E-state index contributed by atoms with van der Waals surface area (Å²) in [6, 6.07) is 0. The molecule has 1 fully saturated rings. The van der Waals surface area contributed by atoms with E-state index >= 15 is 0 Å². The Morgan fingerprint density at radius 3 is 2.79 bits per heavy atom. The van der Waals surface area contributed by atoms with Gasteiger partial charge in [0, 0.05) is 31.8 Å².